The quantitative estimate of drug-likeness (QED) is 0.0228. The molecule has 0 aliphatic carbocycles. The lowest BCUT2D eigenvalue weighted by atomic mass is 9.98. The zero-order chi connectivity index (χ0) is 60.3. The molecule has 6 unspecified atom stereocenters. The average molecular weight is 1170 g/mol. The van der Waals surface area contributed by atoms with Gasteiger partial charge in [-0.1, -0.05) is 274 Å². The second kappa shape index (κ2) is 58.8. The monoisotopic (exact) mass is 1170 g/mol. The molecule has 480 valence electrons. The Kier molecular flexibility index (Phi) is 54.8. The van der Waals surface area contributed by atoms with Crippen molar-refractivity contribution in [2.45, 2.75) is 353 Å². The molecule has 12 heteroatoms. The van der Waals surface area contributed by atoms with Crippen LogP contribution in [0.4, 0.5) is 0 Å². The van der Waals surface area contributed by atoms with E-state index < -0.39 is 67.3 Å². The van der Waals surface area contributed by atoms with Gasteiger partial charge in [0.25, 0.3) is 0 Å². The molecule has 3 N–H and O–H groups in total. The smallest absolute Gasteiger partial charge is 0.335 e. The van der Waals surface area contributed by atoms with Gasteiger partial charge in [-0.25, -0.2) is 4.79 Å². The van der Waals surface area contributed by atoms with E-state index in [4.69, 9.17) is 23.7 Å². The van der Waals surface area contributed by atoms with Crippen LogP contribution in [0, 0.1) is 0 Å². The number of carboxylic acids is 1. The number of ether oxygens (including phenoxy) is 5. The minimum Gasteiger partial charge on any atom is -0.479 e. The molecular formula is C71H124O12. The third-order valence-electron chi connectivity index (χ3n) is 15.6. The fourth-order valence-electron chi connectivity index (χ4n) is 10.4. The highest BCUT2D eigenvalue weighted by atomic mass is 16.7. The lowest BCUT2D eigenvalue weighted by Crippen LogP contribution is -2.61. The van der Waals surface area contributed by atoms with Crippen molar-refractivity contribution in [1.29, 1.82) is 0 Å². The number of esters is 3. The number of hydrogen-bond donors (Lipinski definition) is 3. The largest absolute Gasteiger partial charge is 0.479 e. The molecule has 1 rings (SSSR count). The fourth-order valence-corrected chi connectivity index (χ4v) is 10.4. The van der Waals surface area contributed by atoms with E-state index in [0.717, 1.165) is 122 Å². The van der Waals surface area contributed by atoms with Crippen LogP contribution in [0.2, 0.25) is 0 Å². The number of aliphatic hydroxyl groups excluding tert-OH is 2. The molecule has 0 aromatic carbocycles. The summed E-state index contributed by atoms with van der Waals surface area (Å²) in [6.45, 7) is 5.92. The van der Waals surface area contributed by atoms with E-state index >= 15 is 0 Å². The maximum absolute atomic E-state index is 13.2. The van der Waals surface area contributed by atoms with Crippen molar-refractivity contribution in [3.63, 3.8) is 0 Å². The van der Waals surface area contributed by atoms with Crippen LogP contribution in [0.3, 0.4) is 0 Å². The number of carbonyl (C=O) groups excluding carboxylic acids is 3. The van der Waals surface area contributed by atoms with Gasteiger partial charge in [-0.2, -0.15) is 0 Å². The van der Waals surface area contributed by atoms with Gasteiger partial charge < -0.3 is 39.0 Å². The molecule has 0 aromatic heterocycles. The lowest BCUT2D eigenvalue weighted by molar-refractivity contribution is -0.301. The lowest BCUT2D eigenvalue weighted by Gasteiger charge is -2.40. The van der Waals surface area contributed by atoms with Crippen LogP contribution < -0.4 is 0 Å². The highest BCUT2D eigenvalue weighted by Gasteiger charge is 2.50. The predicted octanol–water partition coefficient (Wildman–Crippen LogP) is 18.7. The topological polar surface area (TPSA) is 175 Å². The zero-order valence-electron chi connectivity index (χ0n) is 53.2. The summed E-state index contributed by atoms with van der Waals surface area (Å²) in [5.74, 6) is -3.12. The van der Waals surface area contributed by atoms with Crippen molar-refractivity contribution in [3.05, 3.63) is 60.8 Å². The number of carbonyl (C=O) groups is 4. The van der Waals surface area contributed by atoms with Crippen LogP contribution >= 0.6 is 0 Å². The summed E-state index contributed by atoms with van der Waals surface area (Å²) in [4.78, 5) is 51.4. The van der Waals surface area contributed by atoms with Crippen molar-refractivity contribution < 1.29 is 58.2 Å². The third-order valence-corrected chi connectivity index (χ3v) is 15.6. The summed E-state index contributed by atoms with van der Waals surface area (Å²) >= 11 is 0. The number of aliphatic hydroxyl groups is 2. The van der Waals surface area contributed by atoms with Crippen molar-refractivity contribution in [3.8, 4) is 0 Å². The van der Waals surface area contributed by atoms with Crippen molar-refractivity contribution >= 4 is 23.9 Å². The first-order valence-electron chi connectivity index (χ1n) is 34.3. The number of allylic oxidation sites excluding steroid dienone is 10. The molecule has 6 atom stereocenters. The molecule has 0 aromatic rings. The van der Waals surface area contributed by atoms with Gasteiger partial charge in [-0.3, -0.25) is 14.4 Å². The van der Waals surface area contributed by atoms with Crippen LogP contribution in [0.25, 0.3) is 0 Å². The van der Waals surface area contributed by atoms with Gasteiger partial charge in [0.2, 0.25) is 0 Å². The second-order valence-electron chi connectivity index (χ2n) is 23.4. The van der Waals surface area contributed by atoms with Gasteiger partial charge >= 0.3 is 23.9 Å². The summed E-state index contributed by atoms with van der Waals surface area (Å²) in [6.07, 6.45) is 61.7. The first-order valence-corrected chi connectivity index (χ1v) is 34.3. The Bertz CT molecular complexity index is 1670. The molecule has 1 aliphatic rings. The number of rotatable bonds is 59. The van der Waals surface area contributed by atoms with Crippen molar-refractivity contribution in [1.82, 2.24) is 0 Å². The van der Waals surface area contributed by atoms with Crippen molar-refractivity contribution in [2.75, 3.05) is 13.2 Å². The normalized spacial score (nSPS) is 17.9. The average Bonchev–Trinajstić information content (AvgIpc) is 3.60. The number of aliphatic carboxylic acids is 1. The van der Waals surface area contributed by atoms with Crippen molar-refractivity contribution in [2.24, 2.45) is 0 Å². The maximum atomic E-state index is 13.2. The Labute approximate surface area is 506 Å². The summed E-state index contributed by atoms with van der Waals surface area (Å²) in [7, 11) is 0. The molecule has 0 bridgehead atoms. The van der Waals surface area contributed by atoms with Gasteiger partial charge in [0.1, 0.15) is 18.8 Å². The van der Waals surface area contributed by atoms with Crippen LogP contribution in [-0.2, 0) is 42.9 Å². The first-order chi connectivity index (χ1) is 40.6. The third kappa shape index (κ3) is 48.3. The Morgan fingerprint density at radius 2 is 0.759 bits per heavy atom. The summed E-state index contributed by atoms with van der Waals surface area (Å²) in [6, 6.07) is 0. The maximum Gasteiger partial charge on any atom is 0.335 e. The minimum atomic E-state index is -1.91. The Morgan fingerprint density at radius 3 is 1.17 bits per heavy atom. The minimum absolute atomic E-state index is 0.0440. The summed E-state index contributed by atoms with van der Waals surface area (Å²) < 4.78 is 28.6. The summed E-state index contributed by atoms with van der Waals surface area (Å²) in [5.41, 5.74) is 0. The molecule has 1 saturated heterocycles. The molecule has 0 radical (unpaired) electrons. The van der Waals surface area contributed by atoms with Crippen LogP contribution in [0.15, 0.2) is 60.8 Å². The van der Waals surface area contributed by atoms with Crippen LogP contribution in [-0.4, -0.2) is 89.2 Å². The van der Waals surface area contributed by atoms with Gasteiger partial charge in [-0.15, -0.1) is 0 Å². The first kappa shape index (κ1) is 77.4. The van der Waals surface area contributed by atoms with E-state index in [9.17, 15) is 34.5 Å². The molecule has 1 fully saturated rings. The van der Waals surface area contributed by atoms with Crippen LogP contribution in [0.1, 0.15) is 316 Å². The number of carboxylic acid groups (broad SMARTS) is 1. The molecule has 1 heterocycles. The molecule has 0 saturated carbocycles. The Balaban J connectivity index is 2.63. The molecule has 1 aliphatic heterocycles. The van der Waals surface area contributed by atoms with E-state index in [0.29, 0.717) is 19.3 Å². The molecular weight excluding hydrogens is 1040 g/mol. The predicted molar refractivity (Wildman–Crippen MR) is 340 cm³/mol. The molecule has 12 nitrogen and oxygen atoms in total. The van der Waals surface area contributed by atoms with Gasteiger partial charge in [0.05, 0.1) is 6.61 Å². The second-order valence-corrected chi connectivity index (χ2v) is 23.4. The van der Waals surface area contributed by atoms with Gasteiger partial charge in [0, 0.05) is 19.3 Å². The molecule has 83 heavy (non-hydrogen) atoms. The number of hydrogen-bond acceptors (Lipinski definition) is 11. The molecule has 0 amide bonds. The zero-order valence-corrected chi connectivity index (χ0v) is 53.2. The Hall–Kier alpha value is -3.58. The standard InChI is InChI=1S/C71H124O12/c1-4-7-10-13-16-19-22-25-28-30-32-34-37-39-42-45-48-51-54-57-63(72)79-60-62(81-64(73)58-55-52-49-46-43-40-36-27-24-21-18-15-12-9-6-3)61-80-71-69(67(76)66(75)68(83-71)70(77)78)82-65(74)59-56-53-50-47-44-41-38-35-33-31-29-26-23-20-17-14-11-8-5-2/h8,11,17,20,26-27,29,33,35-36,62,66-69,71,75-76H,4-7,9-10,12-16,18-19,21-25,28,30-32,34,37-61H2,1-3H3,(H,77,78)/b11-8-,20-17-,29-26-,35-33-,36-27-. The highest BCUT2D eigenvalue weighted by Crippen LogP contribution is 2.27. The van der Waals surface area contributed by atoms with E-state index in [1.54, 1.807) is 0 Å². The fraction of sp³-hybridized carbons (Fsp3) is 0.803. The highest BCUT2D eigenvalue weighted by molar-refractivity contribution is 5.74. The van der Waals surface area contributed by atoms with E-state index in [1.807, 2.05) is 0 Å². The number of unbranched alkanes of at least 4 members (excludes halogenated alkanes) is 35. The Morgan fingerprint density at radius 1 is 0.410 bits per heavy atom. The summed E-state index contributed by atoms with van der Waals surface area (Å²) in [5, 5.41) is 31.6. The molecule has 0 spiro atoms. The van der Waals surface area contributed by atoms with Crippen LogP contribution in [0.5, 0.6) is 0 Å². The van der Waals surface area contributed by atoms with E-state index in [-0.39, 0.29) is 25.9 Å². The van der Waals surface area contributed by atoms with E-state index in [1.165, 1.54) is 135 Å². The SMILES string of the molecule is CC/C=C\C/C=C\C/C=C\C/C=C\CCCCCCCCC(=O)OC1C(OCC(COC(=O)CCCCCCCCCCCCCCCCCCCCC)OC(=O)CCCCCCC/C=C\CCCCCCCC)OC(C(=O)O)C(O)C1O. The van der Waals surface area contributed by atoms with E-state index in [2.05, 4.69) is 81.5 Å². The van der Waals surface area contributed by atoms with Gasteiger partial charge in [0.15, 0.2) is 24.6 Å². The van der Waals surface area contributed by atoms with Gasteiger partial charge in [-0.05, 0) is 83.5 Å².